The van der Waals surface area contributed by atoms with Crippen LogP contribution < -0.4 is 5.32 Å². The Labute approximate surface area is 127 Å². The minimum Gasteiger partial charge on any atom is -0.372 e. The average molecular weight is 302 g/mol. The summed E-state index contributed by atoms with van der Waals surface area (Å²) in [6.45, 7) is 2.94. The molecule has 2 aromatic rings. The normalized spacial score (nSPS) is 24.0. The second-order valence-electron chi connectivity index (χ2n) is 6.00. The van der Waals surface area contributed by atoms with Crippen molar-refractivity contribution >= 4 is 33.3 Å². The topological polar surface area (TPSA) is 58.1 Å². The molecule has 1 amide bonds. The Balaban J connectivity index is 1.77. The first-order valence-electron chi connectivity index (χ1n) is 7.42. The molecule has 0 unspecified atom stereocenters. The van der Waals surface area contributed by atoms with E-state index in [-0.39, 0.29) is 5.91 Å². The largest absolute Gasteiger partial charge is 0.372 e. The Morgan fingerprint density at radius 3 is 2.95 bits per heavy atom. The van der Waals surface area contributed by atoms with Gasteiger partial charge in [0.1, 0.15) is 17.0 Å². The summed E-state index contributed by atoms with van der Waals surface area (Å²) in [5, 5.41) is 4.07. The average Bonchev–Trinajstić information content (AvgIpc) is 3.20. The summed E-state index contributed by atoms with van der Waals surface area (Å²) < 4.78 is 0. The molecule has 2 aliphatic rings. The molecule has 1 aliphatic carbocycles. The van der Waals surface area contributed by atoms with Crippen LogP contribution in [0.2, 0.25) is 0 Å². The fourth-order valence-electron chi connectivity index (χ4n) is 3.77. The molecule has 1 N–H and O–H groups in total. The van der Waals surface area contributed by atoms with E-state index >= 15 is 0 Å². The van der Waals surface area contributed by atoms with Gasteiger partial charge in [0.25, 0.3) is 5.91 Å². The van der Waals surface area contributed by atoms with E-state index in [0.29, 0.717) is 6.04 Å². The van der Waals surface area contributed by atoms with Crippen molar-refractivity contribution in [3.8, 4) is 0 Å². The molecular formula is C15H18N4OS. The Kier molecular flexibility index (Phi) is 2.89. The van der Waals surface area contributed by atoms with Crippen molar-refractivity contribution in [2.75, 3.05) is 18.9 Å². The Morgan fingerprint density at radius 2 is 2.29 bits per heavy atom. The summed E-state index contributed by atoms with van der Waals surface area (Å²) in [7, 11) is 1.85. The lowest BCUT2D eigenvalue weighted by Crippen LogP contribution is -2.37. The van der Waals surface area contributed by atoms with Gasteiger partial charge in [-0.05, 0) is 37.7 Å². The van der Waals surface area contributed by atoms with Crippen LogP contribution in [-0.4, -0.2) is 40.4 Å². The maximum absolute atomic E-state index is 12.9. The highest BCUT2D eigenvalue weighted by molar-refractivity contribution is 7.20. The van der Waals surface area contributed by atoms with E-state index in [1.165, 1.54) is 30.6 Å². The number of nitrogens with one attached hydrogen (secondary N) is 1. The van der Waals surface area contributed by atoms with E-state index < -0.39 is 0 Å². The highest BCUT2D eigenvalue weighted by Crippen LogP contribution is 2.40. The molecule has 1 saturated carbocycles. The van der Waals surface area contributed by atoms with Crippen molar-refractivity contribution in [3.63, 3.8) is 0 Å². The molecule has 2 fully saturated rings. The van der Waals surface area contributed by atoms with Crippen molar-refractivity contribution in [1.82, 2.24) is 14.9 Å². The lowest BCUT2D eigenvalue weighted by Gasteiger charge is -2.26. The first-order chi connectivity index (χ1) is 10.2. The van der Waals surface area contributed by atoms with E-state index in [1.54, 1.807) is 6.33 Å². The van der Waals surface area contributed by atoms with Crippen LogP contribution in [0.1, 0.15) is 34.5 Å². The third-order valence-electron chi connectivity index (χ3n) is 4.83. The van der Waals surface area contributed by atoms with Gasteiger partial charge in [0, 0.05) is 19.6 Å². The first-order valence-corrected chi connectivity index (χ1v) is 8.23. The molecule has 0 radical (unpaired) electrons. The number of fused-ring (bicyclic) bond motifs is 3. The number of thiophene rings is 1. The van der Waals surface area contributed by atoms with Crippen molar-refractivity contribution < 1.29 is 4.79 Å². The number of piperidine rings is 1. The zero-order chi connectivity index (χ0) is 14.6. The third-order valence-corrected chi connectivity index (χ3v) is 6.02. The Hall–Kier alpha value is -1.69. The van der Waals surface area contributed by atoms with Crippen LogP contribution in [0.4, 0.5) is 5.82 Å². The number of aryl methyl sites for hydroxylation is 1. The van der Waals surface area contributed by atoms with Gasteiger partial charge in [-0.3, -0.25) is 4.79 Å². The van der Waals surface area contributed by atoms with E-state index in [4.69, 9.17) is 0 Å². The minimum atomic E-state index is 0.185. The number of hydrogen-bond acceptors (Lipinski definition) is 5. The van der Waals surface area contributed by atoms with Gasteiger partial charge in [0.15, 0.2) is 0 Å². The number of nitrogens with zero attached hydrogens (tertiary/aromatic N) is 3. The van der Waals surface area contributed by atoms with Crippen LogP contribution in [0.5, 0.6) is 0 Å². The summed E-state index contributed by atoms with van der Waals surface area (Å²) in [4.78, 5) is 25.3. The molecule has 2 bridgehead atoms. The molecule has 2 atom stereocenters. The molecule has 2 aromatic heterocycles. The van der Waals surface area contributed by atoms with Gasteiger partial charge in [0.2, 0.25) is 0 Å². The smallest absolute Gasteiger partial charge is 0.264 e. The van der Waals surface area contributed by atoms with Crippen LogP contribution in [-0.2, 0) is 0 Å². The van der Waals surface area contributed by atoms with Crippen LogP contribution in [0.15, 0.2) is 6.33 Å². The SMILES string of the molecule is CNc1ncnc2sc(C(=O)N3C[C@H]4CC[C@@H]3C4)c(C)c12. The third kappa shape index (κ3) is 1.85. The number of rotatable bonds is 2. The summed E-state index contributed by atoms with van der Waals surface area (Å²) in [5.41, 5.74) is 1.01. The van der Waals surface area contributed by atoms with Crippen LogP contribution in [0, 0.1) is 12.8 Å². The molecule has 5 nitrogen and oxygen atoms in total. The van der Waals surface area contributed by atoms with Gasteiger partial charge in [-0.1, -0.05) is 0 Å². The quantitative estimate of drug-likeness (QED) is 0.926. The number of anilines is 1. The number of likely N-dealkylation sites (tertiary alicyclic amines) is 1. The minimum absolute atomic E-state index is 0.185. The van der Waals surface area contributed by atoms with Crippen molar-refractivity contribution in [1.29, 1.82) is 0 Å². The lowest BCUT2D eigenvalue weighted by molar-refractivity contribution is 0.0708. The predicted octanol–water partition coefficient (Wildman–Crippen LogP) is 2.67. The second kappa shape index (κ2) is 4.66. The summed E-state index contributed by atoms with van der Waals surface area (Å²) in [6.07, 6.45) is 5.20. The molecular weight excluding hydrogens is 284 g/mol. The van der Waals surface area contributed by atoms with Crippen LogP contribution >= 0.6 is 11.3 Å². The van der Waals surface area contributed by atoms with Crippen molar-refractivity contribution in [2.45, 2.75) is 32.2 Å². The zero-order valence-corrected chi connectivity index (χ0v) is 13.0. The van der Waals surface area contributed by atoms with Crippen molar-refractivity contribution in [2.24, 2.45) is 5.92 Å². The molecule has 0 aromatic carbocycles. The number of carbonyl (C=O) groups excluding carboxylic acids is 1. The Morgan fingerprint density at radius 1 is 1.43 bits per heavy atom. The molecule has 0 spiro atoms. The van der Waals surface area contributed by atoms with Gasteiger partial charge in [-0.2, -0.15) is 0 Å². The van der Waals surface area contributed by atoms with Gasteiger partial charge in [0.05, 0.1) is 10.3 Å². The van der Waals surface area contributed by atoms with Gasteiger partial charge < -0.3 is 10.2 Å². The molecule has 1 aliphatic heterocycles. The molecule has 1 saturated heterocycles. The van der Waals surface area contributed by atoms with Gasteiger partial charge in [-0.15, -0.1) is 11.3 Å². The number of amides is 1. The Bertz CT molecular complexity index is 726. The first kappa shape index (κ1) is 13.0. The van der Waals surface area contributed by atoms with E-state index in [1.807, 2.05) is 14.0 Å². The maximum Gasteiger partial charge on any atom is 0.264 e. The maximum atomic E-state index is 12.9. The molecule has 3 heterocycles. The number of carbonyl (C=O) groups is 1. The molecule has 110 valence electrons. The van der Waals surface area contributed by atoms with Crippen molar-refractivity contribution in [3.05, 3.63) is 16.8 Å². The van der Waals surface area contributed by atoms with Crippen LogP contribution in [0.25, 0.3) is 10.2 Å². The molecule has 4 rings (SSSR count). The lowest BCUT2D eigenvalue weighted by atomic mass is 10.1. The van der Waals surface area contributed by atoms with Gasteiger partial charge in [-0.25, -0.2) is 9.97 Å². The van der Waals surface area contributed by atoms with Gasteiger partial charge >= 0.3 is 0 Å². The zero-order valence-electron chi connectivity index (χ0n) is 12.2. The second-order valence-corrected chi connectivity index (χ2v) is 7.00. The highest BCUT2D eigenvalue weighted by atomic mass is 32.1. The molecule has 21 heavy (non-hydrogen) atoms. The number of aromatic nitrogens is 2. The summed E-state index contributed by atoms with van der Waals surface area (Å²) in [5.74, 6) is 1.71. The van der Waals surface area contributed by atoms with E-state index in [2.05, 4.69) is 20.2 Å². The fourth-order valence-corrected chi connectivity index (χ4v) is 4.87. The van der Waals surface area contributed by atoms with E-state index in [9.17, 15) is 4.79 Å². The summed E-state index contributed by atoms with van der Waals surface area (Å²) >= 11 is 1.49. The monoisotopic (exact) mass is 302 g/mol. The fraction of sp³-hybridized carbons (Fsp3) is 0.533. The van der Waals surface area contributed by atoms with Crippen LogP contribution in [0.3, 0.4) is 0 Å². The standard InChI is InChI=1S/C15H18N4OS/c1-8-11-13(16-2)17-7-18-14(11)21-12(8)15(20)19-6-9-3-4-10(19)5-9/h7,9-10H,3-6H2,1-2H3,(H,16,17,18)/t9-,10+/m0/s1. The molecule has 6 heteroatoms. The number of hydrogen-bond donors (Lipinski definition) is 1. The highest BCUT2D eigenvalue weighted by Gasteiger charge is 2.41. The summed E-state index contributed by atoms with van der Waals surface area (Å²) in [6, 6.07) is 0.460. The van der Waals surface area contributed by atoms with E-state index in [0.717, 1.165) is 38.9 Å². The predicted molar refractivity (Wildman–Crippen MR) is 83.9 cm³/mol.